The van der Waals surface area contributed by atoms with Crippen molar-refractivity contribution in [3.05, 3.63) is 83.2 Å². The van der Waals surface area contributed by atoms with Crippen LogP contribution in [0.25, 0.3) is 11.1 Å². The molecule has 6 nitrogen and oxygen atoms in total. The van der Waals surface area contributed by atoms with Crippen LogP contribution in [0.5, 0.6) is 11.5 Å². The van der Waals surface area contributed by atoms with Gasteiger partial charge in [-0.25, -0.2) is 4.39 Å². The molecule has 0 spiro atoms. The van der Waals surface area contributed by atoms with Gasteiger partial charge in [0.05, 0.1) is 32.8 Å². The number of carboxylic acids is 1. The molecule has 7 heteroatoms. The molecule has 0 unspecified atom stereocenters. The van der Waals surface area contributed by atoms with Crippen LogP contribution >= 0.6 is 0 Å². The van der Waals surface area contributed by atoms with Crippen molar-refractivity contribution in [1.29, 1.82) is 0 Å². The average molecular weight is 579 g/mol. The van der Waals surface area contributed by atoms with Gasteiger partial charge in [-0.2, -0.15) is 0 Å². The maximum absolute atomic E-state index is 15.2. The number of halogens is 1. The molecule has 1 aliphatic rings. The van der Waals surface area contributed by atoms with Crippen LogP contribution < -0.4 is 9.47 Å². The van der Waals surface area contributed by atoms with Crippen molar-refractivity contribution >= 4 is 5.97 Å². The number of carboxylic acid groups (broad SMARTS) is 1. The lowest BCUT2D eigenvalue weighted by atomic mass is 9.81. The molecule has 0 radical (unpaired) electrons. The van der Waals surface area contributed by atoms with Crippen molar-refractivity contribution in [3.8, 4) is 22.6 Å². The second kappa shape index (κ2) is 14.2. The highest BCUT2D eigenvalue weighted by molar-refractivity contribution is 5.71. The summed E-state index contributed by atoms with van der Waals surface area (Å²) in [6.07, 6.45) is 3.00. The molecule has 4 rings (SSSR count). The maximum Gasteiger partial charge on any atom is 0.303 e. The molecule has 1 fully saturated rings. The van der Waals surface area contributed by atoms with Gasteiger partial charge >= 0.3 is 5.97 Å². The van der Waals surface area contributed by atoms with Gasteiger partial charge in [-0.15, -0.1) is 0 Å². The van der Waals surface area contributed by atoms with Crippen LogP contribution in [-0.2, 0) is 20.9 Å². The summed E-state index contributed by atoms with van der Waals surface area (Å²) in [7, 11) is 3.20. The fourth-order valence-electron chi connectivity index (χ4n) is 5.39. The molecule has 1 aliphatic carbocycles. The molecule has 0 aromatic heterocycles. The molecule has 0 aliphatic heterocycles. The van der Waals surface area contributed by atoms with E-state index < -0.39 is 5.97 Å². The summed E-state index contributed by atoms with van der Waals surface area (Å²) in [5, 5.41) is 9.47. The molecule has 0 saturated heterocycles. The predicted molar refractivity (Wildman–Crippen MR) is 162 cm³/mol. The molecular formula is C35H43FO6. The summed E-state index contributed by atoms with van der Waals surface area (Å²) in [5.41, 5.74) is 3.62. The third-order valence-corrected chi connectivity index (χ3v) is 7.69. The van der Waals surface area contributed by atoms with E-state index in [2.05, 4.69) is 20.8 Å². The number of ether oxygens (including phenoxy) is 4. The van der Waals surface area contributed by atoms with E-state index in [1.807, 2.05) is 42.5 Å². The van der Waals surface area contributed by atoms with Gasteiger partial charge in [0.15, 0.2) is 0 Å². The summed E-state index contributed by atoms with van der Waals surface area (Å²) in [4.78, 5) is 11.5. The fourth-order valence-corrected chi connectivity index (χ4v) is 5.39. The molecule has 3 aromatic carbocycles. The summed E-state index contributed by atoms with van der Waals surface area (Å²) < 4.78 is 38.4. The first-order chi connectivity index (χ1) is 20.1. The minimum absolute atomic E-state index is 0.0287. The van der Waals surface area contributed by atoms with Crippen molar-refractivity contribution in [3.63, 3.8) is 0 Å². The zero-order valence-corrected chi connectivity index (χ0v) is 25.3. The Morgan fingerprint density at radius 3 is 2.43 bits per heavy atom. The van der Waals surface area contributed by atoms with E-state index in [1.165, 1.54) is 18.9 Å². The summed E-state index contributed by atoms with van der Waals surface area (Å²) in [5.74, 6) is 0.718. The highest BCUT2D eigenvalue weighted by Gasteiger charge is 2.31. The molecule has 3 aromatic rings. The largest absolute Gasteiger partial charge is 0.497 e. The first-order valence-electron chi connectivity index (χ1n) is 14.6. The molecule has 2 atom stereocenters. The van der Waals surface area contributed by atoms with E-state index in [0.717, 1.165) is 28.7 Å². The maximum atomic E-state index is 15.2. The van der Waals surface area contributed by atoms with E-state index in [4.69, 9.17) is 18.9 Å². The zero-order chi connectivity index (χ0) is 30.3. The van der Waals surface area contributed by atoms with Gasteiger partial charge in [0.25, 0.3) is 0 Å². The number of carbonyl (C=O) groups is 1. The molecule has 0 bridgehead atoms. The minimum Gasteiger partial charge on any atom is -0.497 e. The fraction of sp³-hybridized carbons (Fsp3) is 0.457. The average Bonchev–Trinajstić information content (AvgIpc) is 3.78. The van der Waals surface area contributed by atoms with Crippen LogP contribution in [0, 0.1) is 17.2 Å². The van der Waals surface area contributed by atoms with Crippen molar-refractivity contribution in [2.75, 3.05) is 27.4 Å². The first-order valence-corrected chi connectivity index (χ1v) is 14.6. The third kappa shape index (κ3) is 8.55. The Hall–Kier alpha value is -3.42. The lowest BCUT2D eigenvalue weighted by Crippen LogP contribution is -2.24. The standard InChI is InChI=1S/C35H43FO6/c1-35(2,3)34(41-16-15-39-4)31-18-24(11-13-29(31)30-21-27(40-5)12-14-32(30)36)22-42-28-8-6-7-25(19-28)26(20-33(37)38)17-23-9-10-23/h6-8,11-14,18-19,21,23,26,34H,9-10,15-17,20,22H2,1-5H3,(H,37,38)/t26-,34-/m1/s1. The Bertz CT molecular complexity index is 1340. The number of aliphatic carboxylic acids is 1. The number of rotatable bonds is 15. The van der Waals surface area contributed by atoms with Crippen LogP contribution in [-0.4, -0.2) is 38.5 Å². The Labute approximate surface area is 248 Å². The summed E-state index contributed by atoms with van der Waals surface area (Å²) in [6.45, 7) is 7.42. The SMILES string of the molecule is COCCO[C@H](c1cc(COc2cccc([C@@H](CC(=O)O)CC3CC3)c2)ccc1-c1cc(OC)ccc1F)C(C)(C)C. The Morgan fingerprint density at radius 2 is 1.76 bits per heavy atom. The van der Waals surface area contributed by atoms with Gasteiger partial charge in [0.1, 0.15) is 23.9 Å². The topological polar surface area (TPSA) is 74.2 Å². The second-order valence-corrected chi connectivity index (χ2v) is 12.2. The number of methoxy groups -OCH3 is 2. The van der Waals surface area contributed by atoms with Crippen molar-refractivity contribution in [1.82, 2.24) is 0 Å². The molecule has 42 heavy (non-hydrogen) atoms. The van der Waals surface area contributed by atoms with Crippen LogP contribution in [0.1, 0.15) is 75.2 Å². The lowest BCUT2D eigenvalue weighted by molar-refractivity contribution is -0.137. The molecule has 1 saturated carbocycles. The van der Waals surface area contributed by atoms with Crippen molar-refractivity contribution in [2.45, 2.75) is 65.1 Å². The quantitative estimate of drug-likeness (QED) is 0.183. The smallest absolute Gasteiger partial charge is 0.303 e. The van der Waals surface area contributed by atoms with Crippen LogP contribution in [0.3, 0.4) is 0 Å². The molecule has 1 N–H and O–H groups in total. The number of hydrogen-bond acceptors (Lipinski definition) is 5. The van der Waals surface area contributed by atoms with Crippen LogP contribution in [0.15, 0.2) is 60.7 Å². The molecule has 0 amide bonds. The molecule has 0 heterocycles. The van der Waals surface area contributed by atoms with Gasteiger partial charge in [-0.1, -0.05) is 57.9 Å². The third-order valence-electron chi connectivity index (χ3n) is 7.69. The predicted octanol–water partition coefficient (Wildman–Crippen LogP) is 8.19. The minimum atomic E-state index is -0.784. The Morgan fingerprint density at radius 1 is 0.976 bits per heavy atom. The highest BCUT2D eigenvalue weighted by atomic mass is 19.1. The zero-order valence-electron chi connectivity index (χ0n) is 25.3. The monoisotopic (exact) mass is 578 g/mol. The molecular weight excluding hydrogens is 535 g/mol. The van der Waals surface area contributed by atoms with E-state index in [1.54, 1.807) is 26.4 Å². The Kier molecular flexibility index (Phi) is 10.6. The highest BCUT2D eigenvalue weighted by Crippen LogP contribution is 2.43. The summed E-state index contributed by atoms with van der Waals surface area (Å²) >= 11 is 0. The van der Waals surface area contributed by atoms with E-state index >= 15 is 4.39 Å². The normalized spacial score (nSPS) is 14.8. The van der Waals surface area contributed by atoms with Gasteiger partial charge in [-0.05, 0) is 82.3 Å². The van der Waals surface area contributed by atoms with Gasteiger partial charge < -0.3 is 24.1 Å². The van der Waals surface area contributed by atoms with Crippen LogP contribution in [0.2, 0.25) is 0 Å². The van der Waals surface area contributed by atoms with Gasteiger partial charge in [0, 0.05) is 12.7 Å². The van der Waals surface area contributed by atoms with Gasteiger partial charge in [0.2, 0.25) is 0 Å². The summed E-state index contributed by atoms with van der Waals surface area (Å²) in [6, 6.07) is 18.4. The van der Waals surface area contributed by atoms with Crippen LogP contribution in [0.4, 0.5) is 4.39 Å². The number of benzene rings is 3. The Balaban J connectivity index is 1.65. The van der Waals surface area contributed by atoms with E-state index in [0.29, 0.717) is 42.8 Å². The van der Waals surface area contributed by atoms with E-state index in [9.17, 15) is 9.90 Å². The van der Waals surface area contributed by atoms with Crippen molar-refractivity contribution < 1.29 is 33.2 Å². The van der Waals surface area contributed by atoms with E-state index in [-0.39, 0.29) is 29.7 Å². The van der Waals surface area contributed by atoms with Crippen molar-refractivity contribution in [2.24, 2.45) is 11.3 Å². The van der Waals surface area contributed by atoms with Gasteiger partial charge in [-0.3, -0.25) is 4.79 Å². The molecule has 226 valence electrons. The number of hydrogen-bond donors (Lipinski definition) is 1. The second-order valence-electron chi connectivity index (χ2n) is 12.2. The first kappa shape index (κ1) is 31.5. The lowest BCUT2D eigenvalue weighted by Gasteiger charge is -2.33.